The predicted octanol–water partition coefficient (Wildman–Crippen LogP) is 3.58. The summed E-state index contributed by atoms with van der Waals surface area (Å²) in [4.78, 5) is 0. The van der Waals surface area contributed by atoms with E-state index in [0.717, 1.165) is 12.1 Å². The SMILES string of the molecule is CC1(C)CC(CN(NC2CC2)C2CC2)c2ccccc21. The fourth-order valence-electron chi connectivity index (χ4n) is 3.85. The van der Waals surface area contributed by atoms with Crippen molar-refractivity contribution in [3.05, 3.63) is 35.4 Å². The summed E-state index contributed by atoms with van der Waals surface area (Å²) in [6, 6.07) is 10.7. The third-order valence-corrected chi connectivity index (χ3v) is 5.22. The van der Waals surface area contributed by atoms with Gasteiger partial charge in [-0.1, -0.05) is 38.1 Å². The molecule has 1 atom stereocenters. The lowest BCUT2D eigenvalue weighted by Gasteiger charge is -2.27. The third kappa shape index (κ3) is 2.40. The van der Waals surface area contributed by atoms with Gasteiger partial charge in [-0.15, -0.1) is 0 Å². The van der Waals surface area contributed by atoms with Crippen LogP contribution in [0.5, 0.6) is 0 Å². The molecule has 0 radical (unpaired) electrons. The van der Waals surface area contributed by atoms with E-state index in [4.69, 9.17) is 0 Å². The minimum absolute atomic E-state index is 0.343. The maximum absolute atomic E-state index is 3.77. The van der Waals surface area contributed by atoms with Crippen molar-refractivity contribution in [1.29, 1.82) is 0 Å². The number of fused-ring (bicyclic) bond motifs is 1. The fourth-order valence-corrected chi connectivity index (χ4v) is 3.85. The first kappa shape index (κ1) is 12.8. The van der Waals surface area contributed by atoms with Crippen molar-refractivity contribution in [2.75, 3.05) is 6.54 Å². The van der Waals surface area contributed by atoms with Crippen LogP contribution in [0.3, 0.4) is 0 Å². The molecule has 1 aromatic rings. The van der Waals surface area contributed by atoms with Crippen LogP contribution in [0, 0.1) is 0 Å². The van der Waals surface area contributed by atoms with Gasteiger partial charge in [-0.25, -0.2) is 5.01 Å². The molecule has 0 aromatic heterocycles. The molecule has 2 fully saturated rings. The highest BCUT2D eigenvalue weighted by atomic mass is 15.5. The normalized spacial score (nSPS) is 27.9. The molecule has 1 unspecified atom stereocenters. The van der Waals surface area contributed by atoms with Crippen LogP contribution in [0.1, 0.15) is 63.0 Å². The van der Waals surface area contributed by atoms with Crippen LogP contribution < -0.4 is 5.43 Å². The predicted molar refractivity (Wildman–Crippen MR) is 82.7 cm³/mol. The minimum Gasteiger partial charge on any atom is -0.252 e. The zero-order chi connectivity index (χ0) is 13.7. The molecule has 20 heavy (non-hydrogen) atoms. The van der Waals surface area contributed by atoms with Gasteiger partial charge in [0, 0.05) is 18.6 Å². The second-order valence-electron chi connectivity index (χ2n) is 7.66. The Kier molecular flexibility index (Phi) is 2.94. The zero-order valence-corrected chi connectivity index (χ0v) is 12.7. The van der Waals surface area contributed by atoms with Gasteiger partial charge in [0.25, 0.3) is 0 Å². The molecule has 2 heteroatoms. The average molecular weight is 270 g/mol. The second-order valence-corrected chi connectivity index (χ2v) is 7.66. The molecule has 0 aliphatic heterocycles. The minimum atomic E-state index is 0.343. The Labute approximate surface area is 122 Å². The second kappa shape index (κ2) is 4.57. The molecular weight excluding hydrogens is 244 g/mol. The number of rotatable bonds is 5. The van der Waals surface area contributed by atoms with Gasteiger partial charge in [0.1, 0.15) is 0 Å². The summed E-state index contributed by atoms with van der Waals surface area (Å²) in [5.74, 6) is 0.702. The summed E-state index contributed by atoms with van der Waals surface area (Å²) in [6.45, 7) is 6.00. The van der Waals surface area contributed by atoms with Crippen LogP contribution in [0.2, 0.25) is 0 Å². The van der Waals surface area contributed by atoms with Crippen molar-refractivity contribution in [2.24, 2.45) is 0 Å². The lowest BCUT2D eigenvalue weighted by molar-refractivity contribution is 0.157. The first-order chi connectivity index (χ1) is 9.63. The molecule has 0 amide bonds. The lowest BCUT2D eigenvalue weighted by Crippen LogP contribution is -2.43. The van der Waals surface area contributed by atoms with E-state index in [2.05, 4.69) is 48.5 Å². The zero-order valence-electron chi connectivity index (χ0n) is 12.7. The molecule has 3 aliphatic carbocycles. The van der Waals surface area contributed by atoms with Gasteiger partial charge in [0.2, 0.25) is 0 Å². The Balaban J connectivity index is 1.53. The number of benzene rings is 1. The molecule has 3 aliphatic rings. The molecular formula is C18H26N2. The van der Waals surface area contributed by atoms with Crippen molar-refractivity contribution in [2.45, 2.75) is 69.4 Å². The highest BCUT2D eigenvalue weighted by molar-refractivity contribution is 5.41. The van der Waals surface area contributed by atoms with Crippen LogP contribution in [0.25, 0.3) is 0 Å². The highest BCUT2D eigenvalue weighted by Crippen LogP contribution is 2.46. The number of hydrogen-bond acceptors (Lipinski definition) is 2. The van der Waals surface area contributed by atoms with Crippen molar-refractivity contribution in [3.63, 3.8) is 0 Å². The maximum atomic E-state index is 3.77. The van der Waals surface area contributed by atoms with Crippen molar-refractivity contribution in [3.8, 4) is 0 Å². The molecule has 0 spiro atoms. The third-order valence-electron chi connectivity index (χ3n) is 5.22. The van der Waals surface area contributed by atoms with E-state index in [9.17, 15) is 0 Å². The largest absolute Gasteiger partial charge is 0.252 e. The van der Waals surface area contributed by atoms with E-state index in [0.29, 0.717) is 11.3 Å². The summed E-state index contributed by atoms with van der Waals surface area (Å²) in [5, 5.41) is 2.58. The Bertz CT molecular complexity index is 500. The van der Waals surface area contributed by atoms with Crippen LogP contribution in [-0.2, 0) is 5.41 Å². The first-order valence-electron chi connectivity index (χ1n) is 8.26. The van der Waals surface area contributed by atoms with Crippen LogP contribution in [0.4, 0.5) is 0 Å². The van der Waals surface area contributed by atoms with E-state index in [-0.39, 0.29) is 0 Å². The van der Waals surface area contributed by atoms with Gasteiger partial charge < -0.3 is 0 Å². The molecule has 0 heterocycles. The maximum Gasteiger partial charge on any atom is 0.0245 e. The fraction of sp³-hybridized carbons (Fsp3) is 0.667. The molecule has 0 saturated heterocycles. The van der Waals surface area contributed by atoms with E-state index < -0.39 is 0 Å². The van der Waals surface area contributed by atoms with E-state index in [1.165, 1.54) is 38.6 Å². The smallest absolute Gasteiger partial charge is 0.0245 e. The quantitative estimate of drug-likeness (QED) is 0.823. The number of nitrogens with zero attached hydrogens (tertiary/aromatic N) is 1. The standard InChI is InChI=1S/C18H26N2/c1-18(2)11-13(16-5-3-4-6-17(16)18)12-20(15-9-10-15)19-14-7-8-14/h3-6,13-15,19H,7-12H2,1-2H3. The van der Waals surface area contributed by atoms with Gasteiger partial charge >= 0.3 is 0 Å². The summed E-state index contributed by atoms with van der Waals surface area (Å²) < 4.78 is 0. The molecule has 2 saturated carbocycles. The molecule has 108 valence electrons. The average Bonchev–Trinajstić information content (AvgIpc) is 3.30. The Morgan fingerprint density at radius 2 is 1.90 bits per heavy atom. The summed E-state index contributed by atoms with van der Waals surface area (Å²) >= 11 is 0. The first-order valence-corrected chi connectivity index (χ1v) is 8.26. The summed E-state index contributed by atoms with van der Waals surface area (Å²) in [5.41, 5.74) is 7.29. The molecule has 4 rings (SSSR count). The van der Waals surface area contributed by atoms with E-state index >= 15 is 0 Å². The van der Waals surface area contributed by atoms with Crippen molar-refractivity contribution < 1.29 is 0 Å². The van der Waals surface area contributed by atoms with Crippen LogP contribution >= 0.6 is 0 Å². The molecule has 1 aromatic carbocycles. The topological polar surface area (TPSA) is 15.3 Å². The number of hydrazine groups is 1. The Morgan fingerprint density at radius 3 is 2.60 bits per heavy atom. The van der Waals surface area contributed by atoms with Gasteiger partial charge in [0.05, 0.1) is 0 Å². The monoisotopic (exact) mass is 270 g/mol. The van der Waals surface area contributed by atoms with Crippen LogP contribution in [0.15, 0.2) is 24.3 Å². The van der Waals surface area contributed by atoms with E-state index in [1.807, 2.05) is 0 Å². The molecule has 1 N–H and O–H groups in total. The van der Waals surface area contributed by atoms with Gasteiger partial charge in [-0.05, 0) is 54.6 Å². The van der Waals surface area contributed by atoms with E-state index in [1.54, 1.807) is 11.1 Å². The molecule has 2 nitrogen and oxygen atoms in total. The summed E-state index contributed by atoms with van der Waals surface area (Å²) in [7, 11) is 0. The Hall–Kier alpha value is -0.860. The van der Waals surface area contributed by atoms with Gasteiger partial charge in [0.15, 0.2) is 0 Å². The lowest BCUT2D eigenvalue weighted by atomic mass is 9.86. The number of nitrogens with one attached hydrogen (secondary N) is 1. The Morgan fingerprint density at radius 1 is 1.15 bits per heavy atom. The highest BCUT2D eigenvalue weighted by Gasteiger charge is 2.40. The summed E-state index contributed by atoms with van der Waals surface area (Å²) in [6.07, 6.45) is 6.81. The van der Waals surface area contributed by atoms with Crippen LogP contribution in [-0.4, -0.2) is 23.6 Å². The molecule has 0 bridgehead atoms. The van der Waals surface area contributed by atoms with Crippen molar-refractivity contribution >= 4 is 0 Å². The number of hydrogen-bond donors (Lipinski definition) is 1. The van der Waals surface area contributed by atoms with Crippen molar-refractivity contribution in [1.82, 2.24) is 10.4 Å². The van der Waals surface area contributed by atoms with Gasteiger partial charge in [-0.2, -0.15) is 0 Å². The van der Waals surface area contributed by atoms with Gasteiger partial charge in [-0.3, -0.25) is 5.43 Å².